The normalized spacial score (nSPS) is 11.7. The minimum Gasteiger partial charge on any atom is -0.340 e. The molecule has 4 heteroatoms. The molecule has 2 aromatic rings. The van der Waals surface area contributed by atoms with Crippen LogP contribution < -0.4 is 10.0 Å². The number of aryl methyl sites for hydroxylation is 1. The lowest BCUT2D eigenvalue weighted by Gasteiger charge is -2.11. The van der Waals surface area contributed by atoms with Crippen LogP contribution in [-0.2, 0) is 12.2 Å². The van der Waals surface area contributed by atoms with Gasteiger partial charge in [-0.15, -0.1) is 0 Å². The number of allylic oxidation sites excluding steroid dienone is 2. The van der Waals surface area contributed by atoms with Crippen LogP contribution in [0.3, 0.4) is 0 Å². The average molecular weight is 366 g/mol. The smallest absolute Gasteiger partial charge is 0.130 e. The summed E-state index contributed by atoms with van der Waals surface area (Å²) in [6.07, 6.45) is 4.77. The molecule has 0 amide bonds. The van der Waals surface area contributed by atoms with Crippen molar-refractivity contribution in [3.8, 4) is 0 Å². The number of nitrogens with zero attached hydrogens (tertiary/aromatic N) is 1. The number of anilines is 1. The molecule has 2 rings (SSSR count). The Balaban J connectivity index is 2.23. The molecule has 0 fully saturated rings. The Morgan fingerprint density at radius 3 is 2.73 bits per heavy atom. The summed E-state index contributed by atoms with van der Waals surface area (Å²) >= 11 is 1.67. The Labute approximate surface area is 161 Å². The third-order valence-corrected chi connectivity index (χ3v) is 4.67. The fraction of sp³-hybridized carbons (Fsp3) is 0.227. The maximum atomic E-state index is 4.48. The van der Waals surface area contributed by atoms with Crippen LogP contribution in [0.15, 0.2) is 72.0 Å². The molecule has 0 atom stereocenters. The molecule has 0 aromatic heterocycles. The molecule has 0 heterocycles. The van der Waals surface area contributed by atoms with Crippen molar-refractivity contribution in [3.05, 3.63) is 83.7 Å². The molecule has 136 valence electrons. The fourth-order valence-corrected chi connectivity index (χ4v) is 3.16. The molecular formula is C22H27N3S. The summed E-state index contributed by atoms with van der Waals surface area (Å²) in [5, 5.41) is 3.41. The van der Waals surface area contributed by atoms with Crippen molar-refractivity contribution in [2.45, 2.75) is 26.0 Å². The van der Waals surface area contributed by atoms with E-state index in [4.69, 9.17) is 0 Å². The Bertz CT molecular complexity index is 793. The van der Waals surface area contributed by atoms with Crippen molar-refractivity contribution in [1.29, 1.82) is 0 Å². The first-order valence-electron chi connectivity index (χ1n) is 8.80. The Kier molecular flexibility index (Phi) is 8.19. The van der Waals surface area contributed by atoms with Gasteiger partial charge in [-0.2, -0.15) is 0 Å². The Morgan fingerprint density at radius 2 is 2.00 bits per heavy atom. The molecule has 0 aliphatic rings. The third-order valence-electron chi connectivity index (χ3n) is 3.91. The molecule has 0 bridgehead atoms. The van der Waals surface area contributed by atoms with Gasteiger partial charge in [0, 0.05) is 17.7 Å². The fourth-order valence-electron chi connectivity index (χ4n) is 2.67. The summed E-state index contributed by atoms with van der Waals surface area (Å²) in [5.41, 5.74) is 5.69. The molecule has 0 radical (unpaired) electrons. The van der Waals surface area contributed by atoms with E-state index in [2.05, 4.69) is 71.0 Å². The summed E-state index contributed by atoms with van der Waals surface area (Å²) < 4.78 is 3.10. The van der Waals surface area contributed by atoms with E-state index in [0.29, 0.717) is 0 Å². The summed E-state index contributed by atoms with van der Waals surface area (Å²) in [4.78, 5) is 4.48. The maximum Gasteiger partial charge on any atom is 0.130 e. The first-order valence-corrected chi connectivity index (χ1v) is 9.78. The summed E-state index contributed by atoms with van der Waals surface area (Å²) in [6, 6.07) is 16.8. The molecule has 2 N–H and O–H groups in total. The van der Waals surface area contributed by atoms with Crippen LogP contribution in [0.25, 0.3) is 5.57 Å². The molecule has 2 aromatic carbocycles. The van der Waals surface area contributed by atoms with Crippen LogP contribution in [-0.4, -0.2) is 13.3 Å². The molecule has 0 unspecified atom stereocenters. The van der Waals surface area contributed by atoms with Gasteiger partial charge in [0.05, 0.1) is 0 Å². The van der Waals surface area contributed by atoms with Crippen LogP contribution >= 0.6 is 11.9 Å². The Hall–Kier alpha value is -2.30. The SMILES string of the molecule is C=C(/C=C(\N=C/C)Nc1cccc(CSNC)c1)c1ccccc1CC. The number of rotatable bonds is 9. The summed E-state index contributed by atoms with van der Waals surface area (Å²) in [7, 11) is 1.93. The molecule has 0 saturated carbocycles. The lowest BCUT2D eigenvalue weighted by Crippen LogP contribution is -2.00. The van der Waals surface area contributed by atoms with Crippen LogP contribution in [0, 0.1) is 0 Å². The monoisotopic (exact) mass is 365 g/mol. The standard InChI is InChI=1S/C22H27N3S/c1-5-19-11-7-8-13-21(19)17(3)14-22(24-6-2)25-20-12-9-10-18(15-20)16-26-23-4/h6-15,23,25H,3,5,16H2,1-2,4H3/b22-14+,24-6-. The van der Waals surface area contributed by atoms with E-state index in [9.17, 15) is 0 Å². The highest BCUT2D eigenvalue weighted by Crippen LogP contribution is 2.22. The zero-order valence-corrected chi connectivity index (χ0v) is 16.6. The molecule has 0 aliphatic carbocycles. The van der Waals surface area contributed by atoms with Crippen molar-refractivity contribution in [2.75, 3.05) is 12.4 Å². The molecule has 0 aliphatic heterocycles. The van der Waals surface area contributed by atoms with E-state index in [1.165, 1.54) is 16.7 Å². The van der Waals surface area contributed by atoms with E-state index in [-0.39, 0.29) is 0 Å². The minimum atomic E-state index is 0.779. The zero-order chi connectivity index (χ0) is 18.8. The first-order chi connectivity index (χ1) is 12.7. The topological polar surface area (TPSA) is 36.4 Å². The molecular weight excluding hydrogens is 338 g/mol. The van der Waals surface area contributed by atoms with Crippen LogP contribution in [0.5, 0.6) is 0 Å². The lowest BCUT2D eigenvalue weighted by atomic mass is 9.99. The first kappa shape index (κ1) is 20.0. The van der Waals surface area contributed by atoms with Gasteiger partial charge in [0.15, 0.2) is 0 Å². The number of benzene rings is 2. The van der Waals surface area contributed by atoms with Crippen molar-refractivity contribution in [1.82, 2.24) is 4.72 Å². The number of hydrogen-bond acceptors (Lipinski definition) is 4. The van der Waals surface area contributed by atoms with E-state index in [1.807, 2.05) is 26.1 Å². The van der Waals surface area contributed by atoms with Crippen LogP contribution in [0.4, 0.5) is 5.69 Å². The highest BCUT2D eigenvalue weighted by Gasteiger charge is 2.05. The lowest BCUT2D eigenvalue weighted by molar-refractivity contribution is 1.13. The van der Waals surface area contributed by atoms with E-state index < -0.39 is 0 Å². The van der Waals surface area contributed by atoms with Crippen LogP contribution in [0.1, 0.15) is 30.5 Å². The number of nitrogens with one attached hydrogen (secondary N) is 2. The summed E-state index contributed by atoms with van der Waals surface area (Å²) in [6.45, 7) is 8.33. The third kappa shape index (κ3) is 5.90. The second-order valence-electron chi connectivity index (χ2n) is 5.77. The van der Waals surface area contributed by atoms with Gasteiger partial charge in [0.25, 0.3) is 0 Å². The molecule has 0 spiro atoms. The predicted molar refractivity (Wildman–Crippen MR) is 118 cm³/mol. The van der Waals surface area contributed by atoms with Crippen LogP contribution in [0.2, 0.25) is 0 Å². The highest BCUT2D eigenvalue weighted by atomic mass is 32.2. The quantitative estimate of drug-likeness (QED) is 0.341. The maximum absolute atomic E-state index is 4.48. The highest BCUT2D eigenvalue weighted by molar-refractivity contribution is 7.96. The van der Waals surface area contributed by atoms with Crippen molar-refractivity contribution >= 4 is 29.4 Å². The van der Waals surface area contributed by atoms with E-state index in [1.54, 1.807) is 18.2 Å². The largest absolute Gasteiger partial charge is 0.340 e. The average Bonchev–Trinajstić information content (AvgIpc) is 2.66. The number of aliphatic imine (C=N–C) groups is 1. The van der Waals surface area contributed by atoms with Gasteiger partial charge < -0.3 is 5.32 Å². The second-order valence-corrected chi connectivity index (χ2v) is 6.76. The summed E-state index contributed by atoms with van der Waals surface area (Å²) in [5.74, 6) is 1.69. The van der Waals surface area contributed by atoms with Gasteiger partial charge >= 0.3 is 0 Å². The van der Waals surface area contributed by atoms with Crippen molar-refractivity contribution < 1.29 is 0 Å². The van der Waals surface area contributed by atoms with Gasteiger partial charge in [-0.05, 0) is 60.9 Å². The van der Waals surface area contributed by atoms with Crippen molar-refractivity contribution in [2.24, 2.45) is 4.99 Å². The van der Waals surface area contributed by atoms with Gasteiger partial charge in [-0.25, -0.2) is 4.99 Å². The van der Waals surface area contributed by atoms with Gasteiger partial charge in [0.2, 0.25) is 0 Å². The molecule has 0 saturated heterocycles. The Morgan fingerprint density at radius 1 is 1.19 bits per heavy atom. The van der Waals surface area contributed by atoms with Gasteiger partial charge in [-0.3, -0.25) is 4.72 Å². The van der Waals surface area contributed by atoms with E-state index >= 15 is 0 Å². The van der Waals surface area contributed by atoms with E-state index in [0.717, 1.165) is 29.3 Å². The molecule has 26 heavy (non-hydrogen) atoms. The van der Waals surface area contributed by atoms with Gasteiger partial charge in [0.1, 0.15) is 5.82 Å². The molecule has 3 nitrogen and oxygen atoms in total. The zero-order valence-electron chi connectivity index (χ0n) is 15.8. The minimum absolute atomic E-state index is 0.779. The predicted octanol–water partition coefficient (Wildman–Crippen LogP) is 5.67. The number of hydrogen-bond donors (Lipinski definition) is 2. The van der Waals surface area contributed by atoms with Gasteiger partial charge in [-0.1, -0.05) is 61.8 Å². The second kappa shape index (κ2) is 10.6. The van der Waals surface area contributed by atoms with Crippen molar-refractivity contribution in [3.63, 3.8) is 0 Å².